The van der Waals surface area contributed by atoms with Gasteiger partial charge in [-0.05, 0) is 0 Å². The van der Waals surface area contributed by atoms with Gasteiger partial charge in [-0.25, -0.2) is 24.0 Å². The van der Waals surface area contributed by atoms with Gasteiger partial charge in [-0.2, -0.15) is 0 Å². The van der Waals surface area contributed by atoms with E-state index < -0.39 is 30.8 Å². The maximum atomic E-state index is 10.4. The van der Waals surface area contributed by atoms with E-state index in [1.54, 1.807) is 0 Å². The van der Waals surface area contributed by atoms with Crippen LogP contribution in [0.25, 0.3) is 0 Å². The van der Waals surface area contributed by atoms with E-state index in [2.05, 4.69) is 18.9 Å². The van der Waals surface area contributed by atoms with E-state index in [1.807, 2.05) is 0 Å². The van der Waals surface area contributed by atoms with E-state index in [0.717, 1.165) is 0 Å². The second-order valence-corrected chi connectivity index (χ2v) is 1.69. The Bertz CT molecular complexity index is 359. The Morgan fingerprint density at radius 3 is 0.864 bits per heavy atom. The second kappa shape index (κ2) is 27.9. The van der Waals surface area contributed by atoms with Crippen molar-refractivity contribution in [3.05, 3.63) is 0 Å². The molecule has 0 saturated heterocycles. The smallest absolute Gasteiger partial charge is 1.00 e. The zero-order valence-electron chi connectivity index (χ0n) is 23.3. The Kier molecular flexibility index (Phi) is 57.7. The normalized spacial score (nSPS) is 6.18. The van der Waals surface area contributed by atoms with Crippen LogP contribution in [0.1, 0.15) is 17.1 Å². The number of hydrogen-bond acceptors (Lipinski definition) is 9. The quantitative estimate of drug-likeness (QED) is 0.263. The van der Waals surface area contributed by atoms with Crippen molar-refractivity contribution < 1.29 is 70.3 Å². The van der Waals surface area contributed by atoms with E-state index in [4.69, 9.17) is 10.2 Å². The third-order valence-corrected chi connectivity index (χ3v) is 0.675. The molecule has 0 aromatic heterocycles. The predicted octanol–water partition coefficient (Wildman–Crippen LogP) is -0.166. The van der Waals surface area contributed by atoms with Gasteiger partial charge in [0.25, 0.3) is 0 Å². The molecule has 0 bridgehead atoms. The SMILES string of the molecule is O=C(O)OC(=O)OC(=O)OC(=O)OC(=O)O.[Ca+2].[Ca+2].[Ca+2].[Ca+2].[Ca+2].[Ca+2].[H-].[H-].[H-].[H-].[H-].[H-].[H-].[H-].[H-].[H-].[H-].[H-]. The van der Waals surface area contributed by atoms with E-state index in [1.165, 1.54) is 0 Å². The summed E-state index contributed by atoms with van der Waals surface area (Å²) in [6.07, 6.45) is -10.1. The summed E-state index contributed by atoms with van der Waals surface area (Å²) >= 11 is 0. The van der Waals surface area contributed by atoms with Crippen LogP contribution in [-0.2, 0) is 18.9 Å². The minimum Gasteiger partial charge on any atom is -1.00 e. The first kappa shape index (κ1) is 45.4. The molecular formula is C5H14Ca6O11. The topological polar surface area (TPSA) is 163 Å². The Hall–Kier alpha value is 4.71. The van der Waals surface area contributed by atoms with Gasteiger partial charge in [0.1, 0.15) is 0 Å². The summed E-state index contributed by atoms with van der Waals surface area (Å²) in [7, 11) is 0. The van der Waals surface area contributed by atoms with Crippen LogP contribution < -0.4 is 0 Å². The standard InChI is InChI=1S/C5H2O11.6Ca.12H/c6-1(7)13-3(10)15-5(12)16-4(11)14-2(8)9;;;;;;;;;;;;;;;;;;/h(H,6,7)(H,8,9);;;;;;;;;;;;;;;;;;/q;6*+2;12*-1. The maximum Gasteiger partial charge on any atom is 2.00 e. The third-order valence-electron chi connectivity index (χ3n) is 0.675. The van der Waals surface area contributed by atoms with Crippen LogP contribution in [0.15, 0.2) is 0 Å². The second-order valence-electron chi connectivity index (χ2n) is 1.69. The Balaban J connectivity index is -0.00000000735. The summed E-state index contributed by atoms with van der Waals surface area (Å²) in [5, 5.41) is 15.7. The fraction of sp³-hybridized carbons (Fsp3) is 0. The van der Waals surface area contributed by atoms with Gasteiger partial charge < -0.3 is 46.3 Å². The molecule has 0 atom stereocenters. The first-order valence-electron chi connectivity index (χ1n) is 3.10. The molecule has 11 nitrogen and oxygen atoms in total. The molecule has 0 heterocycles. The van der Waals surface area contributed by atoms with Gasteiger partial charge in [-0.15, -0.1) is 0 Å². The summed E-state index contributed by atoms with van der Waals surface area (Å²) in [5.74, 6) is 0. The monoisotopic (exact) mass is 490 g/mol. The van der Waals surface area contributed by atoms with E-state index in [-0.39, 0.29) is 244 Å². The number of carbonyl (C=O) groups is 5. The van der Waals surface area contributed by atoms with Crippen LogP contribution in [0.2, 0.25) is 0 Å². The number of carbonyl (C=O) groups excluding carboxylic acids is 3. The molecule has 0 rings (SSSR count). The van der Waals surface area contributed by atoms with Crippen LogP contribution in [0.3, 0.4) is 0 Å². The van der Waals surface area contributed by atoms with Crippen molar-refractivity contribution in [2.24, 2.45) is 0 Å². The van der Waals surface area contributed by atoms with E-state index in [9.17, 15) is 24.0 Å². The van der Waals surface area contributed by atoms with Gasteiger partial charge in [0.2, 0.25) is 0 Å². The molecule has 0 amide bonds. The molecule has 0 spiro atoms. The van der Waals surface area contributed by atoms with Crippen molar-refractivity contribution in [3.63, 3.8) is 0 Å². The Morgan fingerprint density at radius 1 is 0.500 bits per heavy atom. The van der Waals surface area contributed by atoms with Gasteiger partial charge >= 0.3 is 257 Å². The molecule has 0 fully saturated rings. The molecular weight excluding hydrogens is 477 g/mol. The molecule has 0 aliphatic rings. The van der Waals surface area contributed by atoms with Gasteiger partial charge in [-0.1, -0.05) is 0 Å². The Labute approximate surface area is 320 Å². The van der Waals surface area contributed by atoms with Crippen LogP contribution in [-0.4, -0.2) is 267 Å². The fourth-order valence-corrected chi connectivity index (χ4v) is 0.341. The first-order valence-corrected chi connectivity index (χ1v) is 3.10. The van der Waals surface area contributed by atoms with Crippen molar-refractivity contribution in [2.45, 2.75) is 0 Å². The summed E-state index contributed by atoms with van der Waals surface area (Å²) in [6, 6.07) is 0. The maximum absolute atomic E-state index is 10.4. The van der Waals surface area contributed by atoms with Crippen LogP contribution >= 0.6 is 0 Å². The van der Waals surface area contributed by atoms with Crippen LogP contribution in [0.4, 0.5) is 24.0 Å². The molecule has 0 radical (unpaired) electrons. The van der Waals surface area contributed by atoms with Gasteiger partial charge in [0.15, 0.2) is 0 Å². The van der Waals surface area contributed by atoms with E-state index >= 15 is 0 Å². The minimum absolute atomic E-state index is 0. The predicted molar refractivity (Wildman–Crippen MR) is 84.4 cm³/mol. The van der Waals surface area contributed by atoms with Gasteiger partial charge in [0, 0.05) is 0 Å². The van der Waals surface area contributed by atoms with Gasteiger partial charge in [0.05, 0.1) is 0 Å². The van der Waals surface area contributed by atoms with Crippen molar-refractivity contribution >= 4 is 257 Å². The average Bonchev–Trinajstić information content (AvgIpc) is 1.97. The fourth-order valence-electron chi connectivity index (χ4n) is 0.341. The zero-order valence-corrected chi connectivity index (χ0v) is 24.6. The Morgan fingerprint density at radius 2 is 0.682 bits per heavy atom. The van der Waals surface area contributed by atoms with Crippen molar-refractivity contribution in [3.8, 4) is 0 Å². The summed E-state index contributed by atoms with van der Waals surface area (Å²) in [6.45, 7) is 0. The molecule has 0 aliphatic heterocycles. The largest absolute Gasteiger partial charge is 2.00 e. The number of ether oxygens (including phenoxy) is 4. The van der Waals surface area contributed by atoms with Crippen molar-refractivity contribution in [2.75, 3.05) is 0 Å². The minimum atomic E-state index is -2.06. The summed E-state index contributed by atoms with van der Waals surface area (Å²) in [5.41, 5.74) is 0. The molecule has 17 heteroatoms. The average molecular weight is 491 g/mol. The number of carboxylic acid groups (broad SMARTS) is 2. The summed E-state index contributed by atoms with van der Waals surface area (Å²) < 4.78 is 13.4. The van der Waals surface area contributed by atoms with Crippen LogP contribution in [0, 0.1) is 0 Å². The van der Waals surface area contributed by atoms with Crippen molar-refractivity contribution in [1.29, 1.82) is 0 Å². The molecule has 22 heavy (non-hydrogen) atoms. The molecule has 0 aliphatic carbocycles. The van der Waals surface area contributed by atoms with Crippen LogP contribution in [0.5, 0.6) is 0 Å². The third kappa shape index (κ3) is 32.4. The van der Waals surface area contributed by atoms with Crippen molar-refractivity contribution in [1.82, 2.24) is 0 Å². The van der Waals surface area contributed by atoms with E-state index in [0.29, 0.717) is 0 Å². The molecule has 0 saturated carbocycles. The zero-order chi connectivity index (χ0) is 12.7. The van der Waals surface area contributed by atoms with Gasteiger partial charge in [-0.3, -0.25) is 0 Å². The molecule has 112 valence electrons. The number of rotatable bonds is 0. The molecule has 0 aromatic rings. The molecule has 0 aromatic carbocycles. The molecule has 0 unspecified atom stereocenters. The first-order chi connectivity index (χ1) is 7.31. The summed E-state index contributed by atoms with van der Waals surface area (Å²) in [4.78, 5) is 50.4. The number of hydrogen-bond donors (Lipinski definition) is 2. The molecule has 2 N–H and O–H groups in total.